The third kappa shape index (κ3) is 7.47. The van der Waals surface area contributed by atoms with E-state index in [9.17, 15) is 4.79 Å². The number of nitrogens with one attached hydrogen (secondary N) is 1. The second-order valence-corrected chi connectivity index (χ2v) is 4.64. The molecule has 0 spiro atoms. The van der Waals surface area contributed by atoms with Gasteiger partial charge < -0.3 is 15.8 Å². The molecular weight excluding hydrogens is 240 g/mol. The molecule has 4 heteroatoms. The molecule has 1 aromatic carbocycles. The van der Waals surface area contributed by atoms with Crippen molar-refractivity contribution in [2.45, 2.75) is 39.2 Å². The van der Waals surface area contributed by atoms with Crippen molar-refractivity contribution in [1.82, 2.24) is 5.32 Å². The van der Waals surface area contributed by atoms with Gasteiger partial charge in [0.25, 0.3) is 5.91 Å². The summed E-state index contributed by atoms with van der Waals surface area (Å²) in [5.74, 6) is 0.211. The van der Waals surface area contributed by atoms with E-state index in [1.807, 2.05) is 24.3 Å². The maximum Gasteiger partial charge on any atom is 0.255 e. The Morgan fingerprint density at radius 2 is 1.95 bits per heavy atom. The fraction of sp³-hybridized carbons (Fsp3) is 0.533. The van der Waals surface area contributed by atoms with Gasteiger partial charge in [-0.25, -0.2) is 0 Å². The number of nitrogens with two attached hydrogens (primary N) is 1. The van der Waals surface area contributed by atoms with E-state index in [-0.39, 0.29) is 6.61 Å². The van der Waals surface area contributed by atoms with Gasteiger partial charge in [-0.15, -0.1) is 0 Å². The summed E-state index contributed by atoms with van der Waals surface area (Å²) in [6.07, 6.45) is 5.11. The third-order valence-electron chi connectivity index (χ3n) is 2.84. The molecule has 19 heavy (non-hydrogen) atoms. The summed E-state index contributed by atoms with van der Waals surface area (Å²) in [6.45, 7) is 4.06. The van der Waals surface area contributed by atoms with Gasteiger partial charge in [-0.2, -0.15) is 0 Å². The normalized spacial score (nSPS) is 10.4. The molecule has 1 aromatic rings. The Hall–Kier alpha value is -1.55. The summed E-state index contributed by atoms with van der Waals surface area (Å²) < 4.78 is 5.20. The molecule has 0 atom stereocenters. The van der Waals surface area contributed by atoms with Gasteiger partial charge in [-0.1, -0.05) is 38.3 Å². The molecule has 0 aromatic heterocycles. The van der Waals surface area contributed by atoms with Gasteiger partial charge >= 0.3 is 0 Å². The van der Waals surface area contributed by atoms with Gasteiger partial charge in [-0.3, -0.25) is 4.79 Å². The fourth-order valence-corrected chi connectivity index (χ4v) is 1.77. The van der Waals surface area contributed by atoms with Crippen LogP contribution in [-0.4, -0.2) is 19.1 Å². The Morgan fingerprint density at radius 1 is 1.21 bits per heavy atom. The number of amides is 1. The van der Waals surface area contributed by atoms with E-state index in [0.29, 0.717) is 5.75 Å². The number of hydrogen-bond acceptors (Lipinski definition) is 3. The maximum absolute atomic E-state index is 10.6. The molecule has 1 amide bonds. The smallest absolute Gasteiger partial charge is 0.255 e. The minimum Gasteiger partial charge on any atom is -0.484 e. The van der Waals surface area contributed by atoms with Crippen LogP contribution in [0.25, 0.3) is 0 Å². The van der Waals surface area contributed by atoms with E-state index in [2.05, 4.69) is 12.2 Å². The number of hydrogen-bond donors (Lipinski definition) is 2. The van der Waals surface area contributed by atoms with Crippen LogP contribution in [0.4, 0.5) is 0 Å². The van der Waals surface area contributed by atoms with E-state index in [1.165, 1.54) is 31.2 Å². The van der Waals surface area contributed by atoms with Gasteiger partial charge in [0.2, 0.25) is 0 Å². The SMILES string of the molecule is CCCCCCNCc1ccc(OCC(N)=O)cc1. The van der Waals surface area contributed by atoms with Gasteiger partial charge in [0.1, 0.15) is 5.75 Å². The fourth-order valence-electron chi connectivity index (χ4n) is 1.77. The molecule has 0 bridgehead atoms. The first-order chi connectivity index (χ1) is 9.22. The highest BCUT2D eigenvalue weighted by atomic mass is 16.5. The lowest BCUT2D eigenvalue weighted by Crippen LogP contribution is -2.20. The van der Waals surface area contributed by atoms with Crippen molar-refractivity contribution in [2.75, 3.05) is 13.2 Å². The first kappa shape index (κ1) is 15.5. The van der Waals surface area contributed by atoms with Crippen LogP contribution in [0.2, 0.25) is 0 Å². The van der Waals surface area contributed by atoms with Crippen LogP contribution in [0.3, 0.4) is 0 Å². The first-order valence-corrected chi connectivity index (χ1v) is 6.93. The lowest BCUT2D eigenvalue weighted by atomic mass is 10.2. The maximum atomic E-state index is 10.6. The van der Waals surface area contributed by atoms with Gasteiger partial charge in [0, 0.05) is 6.54 Å². The second-order valence-electron chi connectivity index (χ2n) is 4.64. The second kappa shape index (κ2) is 9.39. The molecule has 0 unspecified atom stereocenters. The zero-order valence-corrected chi connectivity index (χ0v) is 11.7. The summed E-state index contributed by atoms with van der Waals surface area (Å²) in [6, 6.07) is 7.71. The highest BCUT2D eigenvalue weighted by molar-refractivity contribution is 5.75. The van der Waals surface area contributed by atoms with Crippen LogP contribution in [0.15, 0.2) is 24.3 Å². The van der Waals surface area contributed by atoms with E-state index >= 15 is 0 Å². The van der Waals surface area contributed by atoms with Crippen molar-refractivity contribution >= 4 is 5.91 Å². The molecule has 0 aliphatic carbocycles. The predicted octanol–water partition coefficient (Wildman–Crippen LogP) is 2.22. The zero-order valence-electron chi connectivity index (χ0n) is 11.7. The molecule has 106 valence electrons. The monoisotopic (exact) mass is 264 g/mol. The third-order valence-corrected chi connectivity index (χ3v) is 2.84. The van der Waals surface area contributed by atoms with Crippen LogP contribution in [-0.2, 0) is 11.3 Å². The summed E-state index contributed by atoms with van der Waals surface area (Å²) in [5.41, 5.74) is 6.22. The Bertz CT molecular complexity index is 363. The van der Waals surface area contributed by atoms with Gasteiger partial charge in [0.15, 0.2) is 6.61 Å². The number of rotatable bonds is 10. The Balaban J connectivity index is 2.19. The number of benzene rings is 1. The van der Waals surface area contributed by atoms with Crippen LogP contribution < -0.4 is 15.8 Å². The highest BCUT2D eigenvalue weighted by Gasteiger charge is 1.98. The van der Waals surface area contributed by atoms with Crippen LogP contribution in [0.1, 0.15) is 38.2 Å². The number of ether oxygens (including phenoxy) is 1. The summed E-state index contributed by atoms with van der Waals surface area (Å²) >= 11 is 0. The minimum atomic E-state index is -0.460. The topological polar surface area (TPSA) is 64.3 Å². The molecule has 0 aliphatic heterocycles. The average molecular weight is 264 g/mol. The largest absolute Gasteiger partial charge is 0.484 e. The van der Waals surface area contributed by atoms with Gasteiger partial charge in [0.05, 0.1) is 0 Å². The van der Waals surface area contributed by atoms with Gasteiger partial charge in [-0.05, 0) is 30.7 Å². The van der Waals surface area contributed by atoms with Crippen molar-refractivity contribution in [3.05, 3.63) is 29.8 Å². The molecule has 0 fully saturated rings. The molecule has 0 heterocycles. The lowest BCUT2D eigenvalue weighted by molar-refractivity contribution is -0.119. The van der Waals surface area contributed by atoms with Crippen LogP contribution in [0, 0.1) is 0 Å². The van der Waals surface area contributed by atoms with E-state index in [1.54, 1.807) is 0 Å². The molecule has 3 N–H and O–H groups in total. The Kier molecular flexibility index (Phi) is 7.66. The Morgan fingerprint density at radius 3 is 2.58 bits per heavy atom. The lowest BCUT2D eigenvalue weighted by Gasteiger charge is -2.07. The minimum absolute atomic E-state index is 0.0744. The van der Waals surface area contributed by atoms with Crippen LogP contribution >= 0.6 is 0 Å². The van der Waals surface area contributed by atoms with Crippen LogP contribution in [0.5, 0.6) is 5.75 Å². The van der Waals surface area contributed by atoms with E-state index in [0.717, 1.165) is 13.1 Å². The molecule has 4 nitrogen and oxygen atoms in total. The van der Waals surface area contributed by atoms with Crippen molar-refractivity contribution in [3.63, 3.8) is 0 Å². The number of carbonyl (C=O) groups is 1. The number of unbranched alkanes of at least 4 members (excludes halogenated alkanes) is 3. The molecule has 1 rings (SSSR count). The zero-order chi connectivity index (χ0) is 13.9. The van der Waals surface area contributed by atoms with Crippen molar-refractivity contribution in [2.24, 2.45) is 5.73 Å². The quantitative estimate of drug-likeness (QED) is 0.637. The van der Waals surface area contributed by atoms with Crippen molar-refractivity contribution < 1.29 is 9.53 Å². The molecule has 0 radical (unpaired) electrons. The van der Waals surface area contributed by atoms with Crippen molar-refractivity contribution in [3.8, 4) is 5.75 Å². The highest BCUT2D eigenvalue weighted by Crippen LogP contribution is 2.11. The van der Waals surface area contributed by atoms with E-state index < -0.39 is 5.91 Å². The molecule has 0 saturated heterocycles. The Labute approximate surface area is 115 Å². The average Bonchev–Trinajstić information content (AvgIpc) is 2.41. The van der Waals surface area contributed by atoms with E-state index in [4.69, 9.17) is 10.5 Å². The molecule has 0 saturated carbocycles. The molecular formula is C15H24N2O2. The summed E-state index contributed by atoms with van der Waals surface area (Å²) in [7, 11) is 0. The summed E-state index contributed by atoms with van der Waals surface area (Å²) in [4.78, 5) is 10.6. The first-order valence-electron chi connectivity index (χ1n) is 6.93. The standard InChI is InChI=1S/C15H24N2O2/c1-2-3-4-5-10-17-11-13-6-8-14(9-7-13)19-12-15(16)18/h6-9,17H,2-5,10-12H2,1H3,(H2,16,18). The molecule has 0 aliphatic rings. The number of carbonyl (C=O) groups excluding carboxylic acids is 1. The number of primary amides is 1. The summed E-state index contributed by atoms with van der Waals surface area (Å²) in [5, 5.41) is 3.42. The van der Waals surface area contributed by atoms with Crippen molar-refractivity contribution in [1.29, 1.82) is 0 Å². The predicted molar refractivity (Wildman–Crippen MR) is 77.0 cm³/mol.